The molecule has 0 aliphatic carbocycles. The lowest BCUT2D eigenvalue weighted by Gasteiger charge is -2.23. The van der Waals surface area contributed by atoms with Crippen LogP contribution in [-0.4, -0.2) is 44.1 Å². The number of benzene rings is 2. The molecule has 0 unspecified atom stereocenters. The number of carbonyl (C=O) groups excluding carboxylic acids is 2. The van der Waals surface area contributed by atoms with Crippen molar-refractivity contribution in [3.63, 3.8) is 0 Å². The molecule has 0 aliphatic rings. The number of rotatable bonds is 11. The Morgan fingerprint density at radius 2 is 1.70 bits per heavy atom. The summed E-state index contributed by atoms with van der Waals surface area (Å²) >= 11 is 0. The maximum Gasteiger partial charge on any atom is 0.412 e. The molecular formula is C25H31NO7. The number of methoxy groups -OCH3 is 1. The van der Waals surface area contributed by atoms with Crippen LogP contribution >= 0.6 is 0 Å². The van der Waals surface area contributed by atoms with E-state index in [-0.39, 0.29) is 25.7 Å². The third-order valence-electron chi connectivity index (χ3n) is 4.73. The van der Waals surface area contributed by atoms with Crippen molar-refractivity contribution in [2.75, 3.05) is 32.2 Å². The third kappa shape index (κ3) is 8.16. The maximum atomic E-state index is 12.7. The molecule has 0 spiro atoms. The third-order valence-corrected chi connectivity index (χ3v) is 4.73. The largest absolute Gasteiger partial charge is 0.497 e. The molecule has 0 bridgehead atoms. The van der Waals surface area contributed by atoms with Crippen molar-refractivity contribution in [3.05, 3.63) is 65.7 Å². The fourth-order valence-corrected chi connectivity index (χ4v) is 3.13. The van der Waals surface area contributed by atoms with Gasteiger partial charge in [-0.15, -0.1) is 0 Å². The monoisotopic (exact) mass is 457 g/mol. The summed E-state index contributed by atoms with van der Waals surface area (Å²) in [7, 11) is 1.56. The van der Waals surface area contributed by atoms with Crippen molar-refractivity contribution in [1.82, 2.24) is 0 Å². The van der Waals surface area contributed by atoms with Crippen molar-refractivity contribution in [2.45, 2.75) is 26.9 Å². The van der Waals surface area contributed by atoms with Crippen molar-refractivity contribution in [3.8, 4) is 11.5 Å². The number of amides is 1. The molecular weight excluding hydrogens is 426 g/mol. The topological polar surface area (TPSA) is 103 Å². The molecule has 2 N–H and O–H groups in total. The van der Waals surface area contributed by atoms with Gasteiger partial charge in [-0.1, -0.05) is 25.1 Å². The SMILES string of the molecule is CCOC(=O)/C(C)=C/[C@H](C)[C@@H](OC(=O)Nc1ccc(OC)cc1)c1ccc(OCCO)cc1. The van der Waals surface area contributed by atoms with E-state index in [1.807, 2.05) is 6.92 Å². The van der Waals surface area contributed by atoms with Crippen LogP contribution < -0.4 is 14.8 Å². The van der Waals surface area contributed by atoms with Crippen LogP contribution in [0.3, 0.4) is 0 Å². The predicted molar refractivity (Wildman–Crippen MR) is 124 cm³/mol. The summed E-state index contributed by atoms with van der Waals surface area (Å²) in [6.45, 7) is 5.62. The van der Waals surface area contributed by atoms with Crippen molar-refractivity contribution in [1.29, 1.82) is 0 Å². The Kier molecular flexibility index (Phi) is 10.2. The number of hydrogen-bond acceptors (Lipinski definition) is 7. The van der Waals surface area contributed by atoms with Crippen LogP contribution in [0.25, 0.3) is 0 Å². The molecule has 2 aromatic carbocycles. The van der Waals surface area contributed by atoms with Crippen LogP contribution in [0.2, 0.25) is 0 Å². The van der Waals surface area contributed by atoms with Gasteiger partial charge in [0.05, 0.1) is 20.3 Å². The van der Waals surface area contributed by atoms with Crippen LogP contribution in [0.1, 0.15) is 32.4 Å². The fraction of sp³-hybridized carbons (Fsp3) is 0.360. The lowest BCUT2D eigenvalue weighted by molar-refractivity contribution is -0.138. The predicted octanol–water partition coefficient (Wildman–Crippen LogP) is 4.50. The number of anilines is 1. The quantitative estimate of drug-likeness (QED) is 0.378. The normalized spacial score (nSPS) is 12.9. The Morgan fingerprint density at radius 1 is 1.06 bits per heavy atom. The molecule has 0 aliphatic heterocycles. The van der Waals surface area contributed by atoms with Crippen LogP contribution in [0.15, 0.2) is 60.2 Å². The van der Waals surface area contributed by atoms with E-state index in [4.69, 9.17) is 24.1 Å². The molecule has 8 heteroatoms. The average Bonchev–Trinajstić information content (AvgIpc) is 2.82. The van der Waals surface area contributed by atoms with Crippen molar-refractivity contribution >= 4 is 17.7 Å². The summed E-state index contributed by atoms with van der Waals surface area (Å²) in [6, 6.07) is 13.9. The zero-order valence-corrected chi connectivity index (χ0v) is 19.4. The first kappa shape index (κ1) is 25.7. The van der Waals surface area contributed by atoms with Gasteiger partial charge in [0.1, 0.15) is 24.2 Å². The van der Waals surface area contributed by atoms with Gasteiger partial charge in [-0.2, -0.15) is 0 Å². The Labute approximate surface area is 194 Å². The van der Waals surface area contributed by atoms with Gasteiger partial charge < -0.3 is 24.1 Å². The lowest BCUT2D eigenvalue weighted by atomic mass is 9.95. The van der Waals surface area contributed by atoms with Gasteiger partial charge in [-0.05, 0) is 55.8 Å². The highest BCUT2D eigenvalue weighted by atomic mass is 16.6. The van der Waals surface area contributed by atoms with E-state index in [0.29, 0.717) is 22.8 Å². The van der Waals surface area contributed by atoms with Gasteiger partial charge in [0.15, 0.2) is 0 Å². The molecule has 0 saturated carbocycles. The molecule has 8 nitrogen and oxygen atoms in total. The van der Waals surface area contributed by atoms with Gasteiger partial charge in [0, 0.05) is 17.2 Å². The molecule has 0 aromatic heterocycles. The van der Waals surface area contributed by atoms with Crippen molar-refractivity contribution in [2.24, 2.45) is 5.92 Å². The number of aliphatic hydroxyl groups excluding tert-OH is 1. The Morgan fingerprint density at radius 3 is 2.27 bits per heavy atom. The van der Waals surface area contributed by atoms with Gasteiger partial charge >= 0.3 is 12.1 Å². The highest BCUT2D eigenvalue weighted by Crippen LogP contribution is 2.30. The summed E-state index contributed by atoms with van der Waals surface area (Å²) in [5, 5.41) is 11.6. The Bertz CT molecular complexity index is 923. The Hall–Kier alpha value is -3.52. The lowest BCUT2D eigenvalue weighted by Crippen LogP contribution is -2.22. The highest BCUT2D eigenvalue weighted by molar-refractivity contribution is 5.88. The molecule has 0 saturated heterocycles. The number of nitrogens with one attached hydrogen (secondary N) is 1. The minimum Gasteiger partial charge on any atom is -0.497 e. The van der Waals surface area contributed by atoms with Crippen LogP contribution in [-0.2, 0) is 14.3 Å². The molecule has 178 valence electrons. The minimum absolute atomic E-state index is 0.0893. The summed E-state index contributed by atoms with van der Waals surface area (Å²) < 4.78 is 21.3. The number of ether oxygens (including phenoxy) is 4. The second-order valence-corrected chi connectivity index (χ2v) is 7.25. The molecule has 33 heavy (non-hydrogen) atoms. The highest BCUT2D eigenvalue weighted by Gasteiger charge is 2.24. The second-order valence-electron chi connectivity index (χ2n) is 7.25. The van der Waals surface area contributed by atoms with Crippen molar-refractivity contribution < 1.29 is 33.6 Å². The number of carbonyl (C=O) groups is 2. The van der Waals surface area contributed by atoms with Crippen LogP contribution in [0, 0.1) is 5.92 Å². The molecule has 0 fully saturated rings. The fourth-order valence-electron chi connectivity index (χ4n) is 3.13. The van der Waals surface area contributed by atoms with E-state index in [0.717, 1.165) is 5.56 Å². The molecule has 0 heterocycles. The summed E-state index contributed by atoms with van der Waals surface area (Å²) in [6.07, 6.45) is 0.402. The summed E-state index contributed by atoms with van der Waals surface area (Å²) in [4.78, 5) is 24.7. The van der Waals surface area contributed by atoms with E-state index in [9.17, 15) is 9.59 Å². The Balaban J connectivity index is 2.22. The zero-order valence-electron chi connectivity index (χ0n) is 19.4. The first-order valence-corrected chi connectivity index (χ1v) is 10.7. The second kappa shape index (κ2) is 13.1. The van der Waals surface area contributed by atoms with Crippen LogP contribution in [0.5, 0.6) is 11.5 Å². The van der Waals surface area contributed by atoms with Crippen LogP contribution in [0.4, 0.5) is 10.5 Å². The van der Waals surface area contributed by atoms with Gasteiger partial charge in [-0.25, -0.2) is 9.59 Å². The van der Waals surface area contributed by atoms with Gasteiger partial charge in [0.25, 0.3) is 0 Å². The number of hydrogen-bond donors (Lipinski definition) is 2. The van der Waals surface area contributed by atoms with E-state index in [1.54, 1.807) is 75.6 Å². The smallest absolute Gasteiger partial charge is 0.412 e. The van der Waals surface area contributed by atoms with Gasteiger partial charge in [0.2, 0.25) is 0 Å². The molecule has 2 atom stereocenters. The average molecular weight is 458 g/mol. The zero-order chi connectivity index (χ0) is 24.2. The maximum absolute atomic E-state index is 12.7. The van der Waals surface area contributed by atoms with E-state index in [1.165, 1.54) is 0 Å². The summed E-state index contributed by atoms with van der Waals surface area (Å²) in [5.41, 5.74) is 1.70. The van der Waals surface area contributed by atoms with Gasteiger partial charge in [-0.3, -0.25) is 5.32 Å². The minimum atomic E-state index is -0.681. The summed E-state index contributed by atoms with van der Waals surface area (Å²) in [5.74, 6) is 0.502. The first-order chi connectivity index (χ1) is 15.9. The molecule has 0 radical (unpaired) electrons. The first-order valence-electron chi connectivity index (χ1n) is 10.7. The molecule has 2 rings (SSSR count). The van der Waals surface area contributed by atoms with E-state index >= 15 is 0 Å². The molecule has 2 aromatic rings. The van der Waals surface area contributed by atoms with E-state index in [2.05, 4.69) is 5.32 Å². The standard InChI is InChI=1S/C25H31NO7/c1-5-31-24(28)18(3)16-17(2)23(19-6-10-22(11-7-19)32-15-14-27)33-25(29)26-20-8-12-21(30-4)13-9-20/h6-13,16-17,23,27H,5,14-15H2,1-4H3,(H,26,29)/b18-16+/t17-,23+/m0/s1. The molecule has 1 amide bonds. The number of esters is 1. The van der Waals surface area contributed by atoms with E-state index < -0.39 is 18.2 Å². The number of aliphatic hydroxyl groups is 1.